The zero-order chi connectivity index (χ0) is 11.7. The minimum Gasteiger partial charge on any atom is -0.390 e. The molecule has 0 spiro atoms. The summed E-state index contributed by atoms with van der Waals surface area (Å²) < 4.78 is 5.91. The quantitative estimate of drug-likeness (QED) is 0.801. The van der Waals surface area contributed by atoms with E-state index < -0.39 is 0 Å². The first-order valence-electron chi connectivity index (χ1n) is 6.89. The van der Waals surface area contributed by atoms with Crippen molar-refractivity contribution >= 4 is 0 Å². The van der Waals surface area contributed by atoms with Crippen LogP contribution in [0.25, 0.3) is 0 Å². The molecule has 2 rings (SSSR count). The number of hydrogen-bond acceptors (Lipinski definition) is 2. The molecule has 2 heteroatoms. The van der Waals surface area contributed by atoms with Gasteiger partial charge in [0.15, 0.2) is 0 Å². The summed E-state index contributed by atoms with van der Waals surface area (Å²) in [6.07, 6.45) is 6.31. The molecule has 0 bridgehead atoms. The van der Waals surface area contributed by atoms with Gasteiger partial charge in [-0.1, -0.05) is 13.8 Å². The molecule has 1 saturated heterocycles. The molecule has 2 nitrogen and oxygen atoms in total. The predicted octanol–water partition coefficient (Wildman–Crippen LogP) is 2.99. The number of rotatable bonds is 3. The maximum absolute atomic E-state index is 9.61. The molecule has 1 aliphatic carbocycles. The van der Waals surface area contributed by atoms with Crippen molar-refractivity contribution in [1.82, 2.24) is 0 Å². The maximum Gasteiger partial charge on any atom is 0.0809 e. The molecule has 3 unspecified atom stereocenters. The highest BCUT2D eigenvalue weighted by Gasteiger charge is 2.39. The van der Waals surface area contributed by atoms with Crippen LogP contribution >= 0.6 is 0 Å². The molecule has 16 heavy (non-hydrogen) atoms. The second-order valence-corrected chi connectivity index (χ2v) is 6.25. The van der Waals surface area contributed by atoms with Crippen LogP contribution in [-0.4, -0.2) is 23.4 Å². The molecule has 0 aromatic rings. The van der Waals surface area contributed by atoms with Gasteiger partial charge in [-0.25, -0.2) is 0 Å². The van der Waals surface area contributed by atoms with E-state index in [-0.39, 0.29) is 12.2 Å². The van der Waals surface area contributed by atoms with Gasteiger partial charge in [-0.2, -0.15) is 0 Å². The number of aliphatic hydroxyl groups is 1. The molecule has 2 aliphatic rings. The van der Waals surface area contributed by atoms with E-state index in [0.29, 0.717) is 6.10 Å². The van der Waals surface area contributed by atoms with Crippen LogP contribution in [0.2, 0.25) is 0 Å². The Morgan fingerprint density at radius 2 is 1.94 bits per heavy atom. The number of aliphatic hydroxyl groups excluding tert-OH is 1. The lowest BCUT2D eigenvalue weighted by atomic mass is 9.68. The molecule has 0 radical (unpaired) electrons. The molecule has 2 fully saturated rings. The van der Waals surface area contributed by atoms with Gasteiger partial charge in [0.2, 0.25) is 0 Å². The van der Waals surface area contributed by atoms with Gasteiger partial charge >= 0.3 is 0 Å². The van der Waals surface area contributed by atoms with Crippen LogP contribution in [0.3, 0.4) is 0 Å². The van der Waals surface area contributed by atoms with Crippen LogP contribution in [0.4, 0.5) is 0 Å². The van der Waals surface area contributed by atoms with Crippen molar-refractivity contribution in [1.29, 1.82) is 0 Å². The van der Waals surface area contributed by atoms with E-state index in [0.717, 1.165) is 30.6 Å². The predicted molar refractivity (Wildman–Crippen MR) is 65.2 cm³/mol. The van der Waals surface area contributed by atoms with E-state index in [1.165, 1.54) is 19.3 Å². The van der Waals surface area contributed by atoms with Gasteiger partial charge in [0.25, 0.3) is 0 Å². The Hall–Kier alpha value is -0.0800. The normalized spacial score (nSPS) is 44.4. The van der Waals surface area contributed by atoms with E-state index in [4.69, 9.17) is 4.74 Å². The monoisotopic (exact) mass is 226 g/mol. The van der Waals surface area contributed by atoms with E-state index in [1.807, 2.05) is 6.92 Å². The molecular formula is C14H26O2. The van der Waals surface area contributed by atoms with Gasteiger partial charge in [0.05, 0.1) is 18.3 Å². The molecule has 1 aliphatic heterocycles. The fourth-order valence-electron chi connectivity index (χ4n) is 3.30. The summed E-state index contributed by atoms with van der Waals surface area (Å²) in [6.45, 7) is 6.62. The summed E-state index contributed by atoms with van der Waals surface area (Å²) in [7, 11) is 0. The molecule has 0 aromatic heterocycles. The van der Waals surface area contributed by atoms with Crippen molar-refractivity contribution in [2.75, 3.05) is 0 Å². The standard InChI is InChI=1S/C14H26O2/c1-9(2)6-11-7-12(8-11)14-5-4-13(15)10(3)16-14/h9-15H,4-8H2,1-3H3. The highest BCUT2D eigenvalue weighted by Crippen LogP contribution is 2.43. The lowest BCUT2D eigenvalue weighted by Gasteiger charge is -2.44. The minimum atomic E-state index is -0.234. The molecule has 94 valence electrons. The summed E-state index contributed by atoms with van der Waals surface area (Å²) in [5, 5.41) is 9.61. The van der Waals surface area contributed by atoms with Crippen molar-refractivity contribution in [2.45, 2.75) is 71.2 Å². The fourth-order valence-corrected chi connectivity index (χ4v) is 3.30. The van der Waals surface area contributed by atoms with E-state index in [2.05, 4.69) is 13.8 Å². The number of ether oxygens (including phenoxy) is 1. The van der Waals surface area contributed by atoms with Gasteiger partial charge < -0.3 is 9.84 Å². The molecular weight excluding hydrogens is 200 g/mol. The first-order chi connectivity index (χ1) is 7.56. The Morgan fingerprint density at radius 1 is 1.25 bits per heavy atom. The Balaban J connectivity index is 1.71. The molecule has 0 aromatic carbocycles. The Labute approximate surface area is 99.4 Å². The van der Waals surface area contributed by atoms with Crippen molar-refractivity contribution in [3.05, 3.63) is 0 Å². The molecule has 3 atom stereocenters. The van der Waals surface area contributed by atoms with E-state index in [9.17, 15) is 5.11 Å². The summed E-state index contributed by atoms with van der Waals surface area (Å²) >= 11 is 0. The van der Waals surface area contributed by atoms with Gasteiger partial charge in [-0.3, -0.25) is 0 Å². The van der Waals surface area contributed by atoms with Crippen LogP contribution in [0.15, 0.2) is 0 Å². The third-order valence-corrected chi connectivity index (χ3v) is 4.28. The SMILES string of the molecule is CC(C)CC1CC(C2CCC(O)C(C)O2)C1. The van der Waals surface area contributed by atoms with Crippen molar-refractivity contribution in [3.8, 4) is 0 Å². The summed E-state index contributed by atoms with van der Waals surface area (Å²) in [4.78, 5) is 0. The highest BCUT2D eigenvalue weighted by atomic mass is 16.5. The first-order valence-corrected chi connectivity index (χ1v) is 6.89. The lowest BCUT2D eigenvalue weighted by molar-refractivity contribution is -0.144. The first kappa shape index (κ1) is 12.4. The molecule has 0 amide bonds. The maximum atomic E-state index is 9.61. The van der Waals surface area contributed by atoms with Gasteiger partial charge in [0, 0.05) is 0 Å². The fraction of sp³-hybridized carbons (Fsp3) is 1.00. The third-order valence-electron chi connectivity index (χ3n) is 4.28. The van der Waals surface area contributed by atoms with E-state index >= 15 is 0 Å². The summed E-state index contributed by atoms with van der Waals surface area (Å²) in [5.41, 5.74) is 0. The third kappa shape index (κ3) is 2.78. The van der Waals surface area contributed by atoms with Crippen molar-refractivity contribution in [3.63, 3.8) is 0 Å². The van der Waals surface area contributed by atoms with Gasteiger partial charge in [-0.15, -0.1) is 0 Å². The molecule has 1 heterocycles. The van der Waals surface area contributed by atoms with Gasteiger partial charge in [0.1, 0.15) is 0 Å². The van der Waals surface area contributed by atoms with E-state index in [1.54, 1.807) is 0 Å². The zero-order valence-corrected chi connectivity index (χ0v) is 10.9. The van der Waals surface area contributed by atoms with Crippen LogP contribution in [-0.2, 0) is 4.74 Å². The van der Waals surface area contributed by atoms with Crippen molar-refractivity contribution in [2.24, 2.45) is 17.8 Å². The number of hydrogen-bond donors (Lipinski definition) is 1. The largest absolute Gasteiger partial charge is 0.390 e. The molecule has 1 saturated carbocycles. The Bertz CT molecular complexity index is 221. The highest BCUT2D eigenvalue weighted by molar-refractivity contribution is 4.89. The van der Waals surface area contributed by atoms with Crippen LogP contribution in [0.1, 0.15) is 52.9 Å². The van der Waals surface area contributed by atoms with Crippen LogP contribution in [0, 0.1) is 17.8 Å². The Morgan fingerprint density at radius 3 is 2.50 bits per heavy atom. The Kier molecular flexibility index (Phi) is 3.91. The lowest BCUT2D eigenvalue weighted by Crippen LogP contribution is -2.44. The summed E-state index contributed by atoms with van der Waals surface area (Å²) in [6, 6.07) is 0. The van der Waals surface area contributed by atoms with Crippen LogP contribution < -0.4 is 0 Å². The van der Waals surface area contributed by atoms with Crippen LogP contribution in [0.5, 0.6) is 0 Å². The smallest absolute Gasteiger partial charge is 0.0809 e. The van der Waals surface area contributed by atoms with Gasteiger partial charge in [-0.05, 0) is 56.8 Å². The van der Waals surface area contributed by atoms with Crippen molar-refractivity contribution < 1.29 is 9.84 Å². The average Bonchev–Trinajstić information content (AvgIpc) is 2.15. The zero-order valence-electron chi connectivity index (χ0n) is 10.9. The summed E-state index contributed by atoms with van der Waals surface area (Å²) in [5.74, 6) is 2.55. The molecule has 1 N–H and O–H groups in total. The average molecular weight is 226 g/mol. The second kappa shape index (κ2) is 5.05. The minimum absolute atomic E-state index is 0.0444. The topological polar surface area (TPSA) is 29.5 Å². The second-order valence-electron chi connectivity index (χ2n) is 6.25.